The number of nitrogens with zero attached hydrogens (tertiary/aromatic N) is 1. The minimum Gasteiger partial charge on any atom is -0.396 e. The number of amides is 1. The minimum atomic E-state index is -3.69. The van der Waals surface area contributed by atoms with Gasteiger partial charge in [-0.05, 0) is 49.5 Å². The van der Waals surface area contributed by atoms with Crippen molar-refractivity contribution in [1.82, 2.24) is 10.4 Å². The highest BCUT2D eigenvalue weighted by Gasteiger charge is 2.43. The quantitative estimate of drug-likeness (QED) is 0.206. The van der Waals surface area contributed by atoms with Gasteiger partial charge in [-0.15, -0.1) is 0 Å². The highest BCUT2D eigenvalue weighted by molar-refractivity contribution is 7.92. The summed E-state index contributed by atoms with van der Waals surface area (Å²) in [4.78, 5) is 14.0. The Balaban J connectivity index is 1.90. The smallest absolute Gasteiger partial charge is 0.264 e. The summed E-state index contributed by atoms with van der Waals surface area (Å²) in [5, 5.41) is 17.6. The maximum absolute atomic E-state index is 12.1. The van der Waals surface area contributed by atoms with E-state index in [0.29, 0.717) is 32.7 Å². The molecule has 8 nitrogen and oxygen atoms in total. The lowest BCUT2D eigenvalue weighted by molar-refractivity contribution is -0.131. The molecule has 0 fully saturated rings. The number of sulfone groups is 1. The van der Waals surface area contributed by atoms with E-state index in [9.17, 15) is 13.2 Å². The topological polar surface area (TPSA) is 116 Å². The first-order valence-corrected chi connectivity index (χ1v) is 12.4. The number of hydrogen-bond acceptors (Lipinski definition) is 7. The normalized spacial score (nSPS) is 16.4. The number of nitrogens with one attached hydrogen (secondary N) is 1. The average Bonchev–Trinajstić information content (AvgIpc) is 2.79. The monoisotopic (exact) mass is 464 g/mol. The van der Waals surface area contributed by atoms with E-state index in [2.05, 4.69) is 22.8 Å². The van der Waals surface area contributed by atoms with Crippen LogP contribution in [0.2, 0.25) is 0 Å². The summed E-state index contributed by atoms with van der Waals surface area (Å²) in [5.74, 6) is 5.09. The van der Waals surface area contributed by atoms with Crippen molar-refractivity contribution in [1.29, 1.82) is 0 Å². The van der Waals surface area contributed by atoms with Gasteiger partial charge in [-0.3, -0.25) is 14.9 Å². The van der Waals surface area contributed by atoms with Gasteiger partial charge in [0.25, 0.3) is 5.91 Å². The van der Waals surface area contributed by atoms with E-state index in [4.69, 9.17) is 15.1 Å². The van der Waals surface area contributed by atoms with Crippen molar-refractivity contribution < 1.29 is 28.3 Å². The SMILES string of the molecule is CC(CCN1CC=C(c2ccc(C#CCOCCCO)cc2)CC1)(C(=O)NO)S(C)(=O)=O. The maximum Gasteiger partial charge on any atom is 0.264 e. The third-order valence-corrected chi connectivity index (χ3v) is 7.73. The predicted molar refractivity (Wildman–Crippen MR) is 123 cm³/mol. The van der Waals surface area contributed by atoms with Crippen LogP contribution in [0.15, 0.2) is 30.3 Å². The molecule has 1 aliphatic rings. The van der Waals surface area contributed by atoms with E-state index >= 15 is 0 Å². The van der Waals surface area contributed by atoms with E-state index in [1.54, 1.807) is 0 Å². The fraction of sp³-hybridized carbons (Fsp3) is 0.522. The zero-order valence-corrected chi connectivity index (χ0v) is 19.5. The summed E-state index contributed by atoms with van der Waals surface area (Å²) in [7, 11) is -3.69. The van der Waals surface area contributed by atoms with Gasteiger partial charge in [0.05, 0.1) is 6.61 Å². The van der Waals surface area contributed by atoms with E-state index < -0.39 is 20.5 Å². The lowest BCUT2D eigenvalue weighted by Gasteiger charge is -2.31. The van der Waals surface area contributed by atoms with Gasteiger partial charge in [-0.1, -0.05) is 30.0 Å². The van der Waals surface area contributed by atoms with E-state index in [-0.39, 0.29) is 13.0 Å². The first-order chi connectivity index (χ1) is 15.2. The molecule has 1 heterocycles. The van der Waals surface area contributed by atoms with Crippen LogP contribution in [0.3, 0.4) is 0 Å². The number of aliphatic hydroxyl groups is 1. The molecule has 0 aliphatic carbocycles. The number of hydrogen-bond donors (Lipinski definition) is 3. The number of benzene rings is 1. The molecule has 0 bridgehead atoms. The second-order valence-electron chi connectivity index (χ2n) is 7.98. The Bertz CT molecular complexity index is 962. The number of ether oxygens (including phenoxy) is 1. The maximum atomic E-state index is 12.1. The molecule has 0 saturated heterocycles. The Morgan fingerprint density at radius 1 is 1.31 bits per heavy atom. The third-order valence-electron chi connectivity index (χ3n) is 5.71. The second kappa shape index (κ2) is 12.1. The summed E-state index contributed by atoms with van der Waals surface area (Å²) in [6.45, 7) is 4.12. The minimum absolute atomic E-state index is 0.0957. The van der Waals surface area contributed by atoms with Crippen LogP contribution >= 0.6 is 0 Å². The van der Waals surface area contributed by atoms with Crippen molar-refractivity contribution in [2.45, 2.75) is 30.9 Å². The largest absolute Gasteiger partial charge is 0.396 e. The zero-order chi connectivity index (χ0) is 23.6. The molecule has 1 aliphatic heterocycles. The molecule has 9 heteroatoms. The Hall–Kier alpha value is -2.22. The summed E-state index contributed by atoms with van der Waals surface area (Å²) < 4.78 is 27.8. The van der Waals surface area contributed by atoms with Crippen LogP contribution in [0, 0.1) is 11.8 Å². The van der Waals surface area contributed by atoms with Gasteiger partial charge < -0.3 is 9.84 Å². The Morgan fingerprint density at radius 3 is 2.59 bits per heavy atom. The lowest BCUT2D eigenvalue weighted by atomic mass is 9.98. The molecule has 0 radical (unpaired) electrons. The molecule has 176 valence electrons. The van der Waals surface area contributed by atoms with Gasteiger partial charge in [0.2, 0.25) is 0 Å². The highest BCUT2D eigenvalue weighted by atomic mass is 32.2. The van der Waals surface area contributed by atoms with Crippen LogP contribution in [-0.2, 0) is 19.4 Å². The van der Waals surface area contributed by atoms with Crippen LogP contribution in [-0.4, -0.2) is 80.0 Å². The first kappa shape index (κ1) is 26.0. The number of carbonyl (C=O) groups excluding carboxylic acids is 1. The van der Waals surface area contributed by atoms with Crippen LogP contribution in [0.4, 0.5) is 0 Å². The molecule has 32 heavy (non-hydrogen) atoms. The average molecular weight is 465 g/mol. The van der Waals surface area contributed by atoms with Gasteiger partial charge in [0.15, 0.2) is 14.6 Å². The highest BCUT2D eigenvalue weighted by Crippen LogP contribution is 2.25. The van der Waals surface area contributed by atoms with Gasteiger partial charge in [0.1, 0.15) is 6.61 Å². The standard InChI is InChI=1S/C23H32N2O6S/c1-23(22(27)24-28,32(2,29)30)12-15-25-13-10-21(11-14-25)20-8-6-19(7-9-20)5-3-17-31-18-4-16-26/h6-10,26,28H,4,11-18H2,1-2H3,(H,24,27). The Morgan fingerprint density at radius 2 is 2.03 bits per heavy atom. The number of hydroxylamine groups is 1. The molecule has 1 aromatic rings. The second-order valence-corrected chi connectivity index (χ2v) is 10.4. The van der Waals surface area contributed by atoms with Crippen LogP contribution in [0.1, 0.15) is 37.3 Å². The van der Waals surface area contributed by atoms with Crippen LogP contribution in [0.25, 0.3) is 5.57 Å². The number of rotatable bonds is 10. The van der Waals surface area contributed by atoms with Crippen molar-refractivity contribution in [3.63, 3.8) is 0 Å². The molecule has 1 aromatic carbocycles. The molecule has 1 unspecified atom stereocenters. The Labute approximate surface area is 190 Å². The summed E-state index contributed by atoms with van der Waals surface area (Å²) >= 11 is 0. The van der Waals surface area contributed by atoms with E-state index in [1.807, 2.05) is 24.3 Å². The van der Waals surface area contributed by atoms with E-state index in [1.165, 1.54) is 18.0 Å². The van der Waals surface area contributed by atoms with Gasteiger partial charge in [-0.25, -0.2) is 13.9 Å². The number of aliphatic hydroxyl groups excluding tert-OH is 1. The first-order valence-electron chi connectivity index (χ1n) is 10.5. The van der Waals surface area contributed by atoms with Crippen molar-refractivity contribution in [3.8, 4) is 11.8 Å². The third kappa shape index (κ3) is 7.15. The molecule has 3 N–H and O–H groups in total. The molecular formula is C23H32N2O6S. The fourth-order valence-electron chi connectivity index (χ4n) is 3.33. The summed E-state index contributed by atoms with van der Waals surface area (Å²) in [5.41, 5.74) is 4.72. The van der Waals surface area contributed by atoms with E-state index in [0.717, 1.165) is 30.3 Å². The van der Waals surface area contributed by atoms with Crippen molar-refractivity contribution in [2.24, 2.45) is 0 Å². The molecule has 2 rings (SSSR count). The van der Waals surface area contributed by atoms with Gasteiger partial charge in [0, 0.05) is 38.1 Å². The van der Waals surface area contributed by atoms with Gasteiger partial charge >= 0.3 is 0 Å². The lowest BCUT2D eigenvalue weighted by Crippen LogP contribution is -2.51. The van der Waals surface area contributed by atoms with Crippen LogP contribution in [0.5, 0.6) is 0 Å². The molecular weight excluding hydrogens is 432 g/mol. The van der Waals surface area contributed by atoms with Gasteiger partial charge in [-0.2, -0.15) is 0 Å². The zero-order valence-electron chi connectivity index (χ0n) is 18.6. The Kier molecular flexibility index (Phi) is 9.87. The molecule has 1 amide bonds. The van der Waals surface area contributed by atoms with Crippen molar-refractivity contribution in [3.05, 3.63) is 41.5 Å². The van der Waals surface area contributed by atoms with Crippen LogP contribution < -0.4 is 5.48 Å². The molecule has 0 saturated carbocycles. The number of carbonyl (C=O) groups is 1. The molecule has 0 spiro atoms. The predicted octanol–water partition coefficient (Wildman–Crippen LogP) is 1.23. The van der Waals surface area contributed by atoms with Crippen molar-refractivity contribution >= 4 is 21.3 Å². The summed E-state index contributed by atoms with van der Waals surface area (Å²) in [6, 6.07) is 8.00. The van der Waals surface area contributed by atoms with Crippen molar-refractivity contribution in [2.75, 3.05) is 45.7 Å². The fourth-order valence-corrected chi connectivity index (χ4v) is 4.17. The molecule has 0 aromatic heterocycles. The summed E-state index contributed by atoms with van der Waals surface area (Å²) in [6.07, 6.45) is 4.64. The molecule has 1 atom stereocenters.